The van der Waals surface area contributed by atoms with Gasteiger partial charge in [0, 0.05) is 13.1 Å². The summed E-state index contributed by atoms with van der Waals surface area (Å²) < 4.78 is 24.5. The molecule has 2 rings (SSSR count). The van der Waals surface area contributed by atoms with E-state index in [1.54, 1.807) is 17.1 Å². The van der Waals surface area contributed by atoms with Gasteiger partial charge >= 0.3 is 0 Å². The smallest absolute Gasteiger partial charge is 0.230 e. The Morgan fingerprint density at radius 2 is 1.63 bits per heavy atom. The largest absolute Gasteiger partial charge is 0.253 e. The summed E-state index contributed by atoms with van der Waals surface area (Å²) in [5.74, 6) is 0.409. The molecular weight excluding hydrogens is 260 g/mol. The van der Waals surface area contributed by atoms with Gasteiger partial charge in [-0.05, 0) is 36.5 Å². The summed E-state index contributed by atoms with van der Waals surface area (Å²) in [6, 6.07) is 7.13. The molecule has 0 atom stereocenters. The topological polar surface area (TPSA) is 49.4 Å². The van der Waals surface area contributed by atoms with E-state index < -0.39 is 10.0 Å². The zero-order chi connectivity index (χ0) is 13.9. The average Bonchev–Trinajstić information content (AvgIpc) is 2.39. The number of hydrogen-bond donors (Lipinski definition) is 1. The first-order valence-corrected chi connectivity index (χ1v) is 8.35. The number of sulfonamides is 1. The van der Waals surface area contributed by atoms with E-state index in [2.05, 4.69) is 18.7 Å². The summed E-state index contributed by atoms with van der Waals surface area (Å²) in [6.07, 6.45) is 3.28. The van der Waals surface area contributed by atoms with Crippen LogP contribution in [0.3, 0.4) is 0 Å². The summed E-state index contributed by atoms with van der Waals surface area (Å²) >= 11 is 0. The lowest BCUT2D eigenvalue weighted by Gasteiger charge is -2.26. The van der Waals surface area contributed by atoms with Crippen LogP contribution in [0.4, 0.5) is 0 Å². The number of nitrogens with zero attached hydrogens (tertiary/aromatic N) is 1. The molecule has 0 saturated carbocycles. The number of piperidine rings is 1. The molecule has 0 spiro atoms. The van der Waals surface area contributed by atoms with Crippen LogP contribution in [0.25, 0.3) is 0 Å². The molecule has 106 valence electrons. The number of benzene rings is 1. The quantitative estimate of drug-likeness (QED) is 0.923. The Morgan fingerprint density at radius 1 is 1.05 bits per heavy atom. The van der Waals surface area contributed by atoms with Crippen LogP contribution in [0.2, 0.25) is 0 Å². The minimum Gasteiger partial charge on any atom is -0.230 e. The van der Waals surface area contributed by atoms with Crippen LogP contribution in [-0.4, -0.2) is 26.5 Å². The van der Waals surface area contributed by atoms with Crippen LogP contribution in [-0.2, 0) is 10.0 Å². The Hall–Kier alpha value is -0.910. The van der Waals surface area contributed by atoms with Crippen molar-refractivity contribution in [1.29, 1.82) is 0 Å². The Balaban J connectivity index is 2.10. The maximum atomic E-state index is 12.2. The van der Waals surface area contributed by atoms with Crippen molar-refractivity contribution in [3.8, 4) is 0 Å². The Kier molecular flexibility index (Phi) is 4.60. The highest BCUT2D eigenvalue weighted by Gasteiger charge is 2.19. The first-order chi connectivity index (χ1) is 8.99. The summed E-state index contributed by atoms with van der Waals surface area (Å²) in [7, 11) is -3.43. The summed E-state index contributed by atoms with van der Waals surface area (Å²) in [5.41, 5.74) is 1.15. The van der Waals surface area contributed by atoms with Crippen molar-refractivity contribution in [1.82, 2.24) is 9.84 Å². The predicted octanol–water partition coefficient (Wildman–Crippen LogP) is 2.49. The third-order valence-corrected chi connectivity index (χ3v) is 4.85. The van der Waals surface area contributed by atoms with Crippen molar-refractivity contribution in [2.45, 2.75) is 43.9 Å². The summed E-state index contributed by atoms with van der Waals surface area (Å²) in [6.45, 7) is 5.78. The minimum absolute atomic E-state index is 0.336. The number of nitrogens with one attached hydrogen (secondary N) is 1. The van der Waals surface area contributed by atoms with Gasteiger partial charge in [0.05, 0.1) is 4.90 Å². The fourth-order valence-electron chi connectivity index (χ4n) is 2.24. The molecule has 0 aliphatic carbocycles. The van der Waals surface area contributed by atoms with E-state index in [9.17, 15) is 8.42 Å². The van der Waals surface area contributed by atoms with Gasteiger partial charge in [-0.3, -0.25) is 0 Å². The van der Waals surface area contributed by atoms with Crippen molar-refractivity contribution in [2.75, 3.05) is 13.1 Å². The van der Waals surface area contributed by atoms with Gasteiger partial charge in [-0.1, -0.05) is 32.4 Å². The Labute approximate surface area is 115 Å². The standard InChI is InChI=1S/C14H22N2O2S/c1-12(2)13-6-8-14(9-7-13)19(17,18)15-16-10-4-3-5-11-16/h6-9,12,15H,3-5,10-11H2,1-2H3. The van der Waals surface area contributed by atoms with Crippen molar-refractivity contribution < 1.29 is 8.42 Å². The second kappa shape index (κ2) is 6.03. The van der Waals surface area contributed by atoms with E-state index in [-0.39, 0.29) is 0 Å². The maximum absolute atomic E-state index is 12.2. The summed E-state index contributed by atoms with van der Waals surface area (Å²) in [4.78, 5) is 3.00. The van der Waals surface area contributed by atoms with Gasteiger partial charge in [-0.2, -0.15) is 0 Å². The van der Waals surface area contributed by atoms with Crippen LogP contribution in [0.1, 0.15) is 44.6 Å². The lowest BCUT2D eigenvalue weighted by Crippen LogP contribution is -2.44. The lowest BCUT2D eigenvalue weighted by molar-refractivity contribution is 0.200. The van der Waals surface area contributed by atoms with Crippen LogP contribution >= 0.6 is 0 Å². The van der Waals surface area contributed by atoms with Crippen LogP contribution in [0.5, 0.6) is 0 Å². The van der Waals surface area contributed by atoms with Gasteiger partial charge in [0.2, 0.25) is 0 Å². The Morgan fingerprint density at radius 3 is 2.16 bits per heavy atom. The van der Waals surface area contributed by atoms with E-state index >= 15 is 0 Å². The molecule has 1 aliphatic heterocycles. The SMILES string of the molecule is CC(C)c1ccc(S(=O)(=O)NN2CCCCC2)cc1. The molecule has 0 unspecified atom stereocenters. The molecule has 19 heavy (non-hydrogen) atoms. The Bertz CT molecular complexity index is 503. The normalized spacial score (nSPS) is 17.8. The van der Waals surface area contributed by atoms with Crippen molar-refractivity contribution >= 4 is 10.0 Å². The molecule has 1 aliphatic rings. The fourth-order valence-corrected chi connectivity index (χ4v) is 3.36. The van der Waals surface area contributed by atoms with Crippen molar-refractivity contribution in [3.05, 3.63) is 29.8 Å². The average molecular weight is 282 g/mol. The monoisotopic (exact) mass is 282 g/mol. The number of hydrazine groups is 1. The molecular formula is C14H22N2O2S. The molecule has 0 amide bonds. The van der Waals surface area contributed by atoms with Gasteiger partial charge in [0.25, 0.3) is 10.0 Å². The number of rotatable bonds is 4. The van der Waals surface area contributed by atoms with Crippen molar-refractivity contribution in [3.63, 3.8) is 0 Å². The van der Waals surface area contributed by atoms with Crippen molar-refractivity contribution in [2.24, 2.45) is 0 Å². The van der Waals surface area contributed by atoms with E-state index in [0.717, 1.165) is 31.5 Å². The number of hydrogen-bond acceptors (Lipinski definition) is 3. The van der Waals surface area contributed by atoms with Crippen LogP contribution in [0.15, 0.2) is 29.2 Å². The van der Waals surface area contributed by atoms with E-state index in [1.807, 2.05) is 12.1 Å². The van der Waals surface area contributed by atoms with Crippen LogP contribution < -0.4 is 4.83 Å². The zero-order valence-corrected chi connectivity index (χ0v) is 12.4. The fraction of sp³-hybridized carbons (Fsp3) is 0.571. The molecule has 1 fully saturated rings. The van der Waals surface area contributed by atoms with Gasteiger partial charge in [0.15, 0.2) is 0 Å². The zero-order valence-electron chi connectivity index (χ0n) is 11.6. The first kappa shape index (κ1) is 14.5. The molecule has 1 heterocycles. The molecule has 4 nitrogen and oxygen atoms in total. The molecule has 0 bridgehead atoms. The van der Waals surface area contributed by atoms with E-state index in [4.69, 9.17) is 0 Å². The van der Waals surface area contributed by atoms with E-state index in [1.165, 1.54) is 6.42 Å². The highest BCUT2D eigenvalue weighted by atomic mass is 32.2. The lowest BCUT2D eigenvalue weighted by atomic mass is 10.0. The highest BCUT2D eigenvalue weighted by molar-refractivity contribution is 7.89. The second-order valence-electron chi connectivity index (χ2n) is 5.37. The third-order valence-electron chi connectivity index (χ3n) is 3.46. The third kappa shape index (κ3) is 3.78. The molecule has 1 aromatic carbocycles. The second-order valence-corrected chi connectivity index (χ2v) is 7.03. The van der Waals surface area contributed by atoms with Gasteiger partial charge < -0.3 is 0 Å². The molecule has 1 saturated heterocycles. The molecule has 5 heteroatoms. The van der Waals surface area contributed by atoms with E-state index in [0.29, 0.717) is 10.8 Å². The maximum Gasteiger partial charge on any atom is 0.253 e. The molecule has 1 aromatic rings. The molecule has 0 radical (unpaired) electrons. The molecule has 1 N–H and O–H groups in total. The van der Waals surface area contributed by atoms with Gasteiger partial charge in [0.1, 0.15) is 0 Å². The minimum atomic E-state index is -3.43. The van der Waals surface area contributed by atoms with Gasteiger partial charge in [-0.25, -0.2) is 13.4 Å². The molecule has 0 aromatic heterocycles. The van der Waals surface area contributed by atoms with Crippen LogP contribution in [0, 0.1) is 0 Å². The summed E-state index contributed by atoms with van der Waals surface area (Å²) in [5, 5.41) is 1.80. The first-order valence-electron chi connectivity index (χ1n) is 6.86. The van der Waals surface area contributed by atoms with Gasteiger partial charge in [-0.15, -0.1) is 4.83 Å². The predicted molar refractivity (Wildman–Crippen MR) is 76.3 cm³/mol. The highest BCUT2D eigenvalue weighted by Crippen LogP contribution is 2.18.